The number of carbonyl (C=O) groups is 1. The summed E-state index contributed by atoms with van der Waals surface area (Å²) in [5, 5.41) is 17.7. The van der Waals surface area contributed by atoms with E-state index in [0.29, 0.717) is 12.5 Å². The number of para-hydroxylation sites is 1. The molecular formula is C19H20N4O2. The lowest BCUT2D eigenvalue weighted by molar-refractivity contribution is -0.132. The van der Waals surface area contributed by atoms with E-state index in [0.717, 1.165) is 23.1 Å². The number of phenols is 1. The Balaban J connectivity index is 1.51. The van der Waals surface area contributed by atoms with Gasteiger partial charge in [0.15, 0.2) is 0 Å². The summed E-state index contributed by atoms with van der Waals surface area (Å²) in [7, 11) is 0. The van der Waals surface area contributed by atoms with Gasteiger partial charge in [0, 0.05) is 13.1 Å². The van der Waals surface area contributed by atoms with Crippen LogP contribution in [0, 0.1) is 5.92 Å². The molecule has 1 aromatic heterocycles. The smallest absolute Gasteiger partial charge is 0.244 e. The number of hydrogen-bond donors (Lipinski definition) is 1. The summed E-state index contributed by atoms with van der Waals surface area (Å²) in [5.41, 5.74) is 2.67. The van der Waals surface area contributed by atoms with Gasteiger partial charge in [-0.25, -0.2) is 4.68 Å². The Morgan fingerprint density at radius 1 is 1.16 bits per heavy atom. The van der Waals surface area contributed by atoms with Gasteiger partial charge in [-0.3, -0.25) is 4.79 Å². The lowest BCUT2D eigenvalue weighted by Gasteiger charge is -2.23. The molecule has 0 bridgehead atoms. The van der Waals surface area contributed by atoms with Crippen molar-refractivity contribution in [2.75, 3.05) is 6.54 Å². The number of phenolic OH excluding ortho intramolecular Hbond substituents is 1. The molecule has 0 aliphatic heterocycles. The Kier molecular flexibility index (Phi) is 4.09. The normalized spacial score (nSPS) is 13.9. The van der Waals surface area contributed by atoms with Gasteiger partial charge in [0.05, 0.1) is 5.52 Å². The second kappa shape index (κ2) is 6.55. The van der Waals surface area contributed by atoms with Crippen molar-refractivity contribution in [3.8, 4) is 5.75 Å². The average molecular weight is 336 g/mol. The largest absolute Gasteiger partial charge is 0.508 e. The molecule has 1 saturated carbocycles. The predicted octanol–water partition coefficient (Wildman–Crippen LogP) is 2.58. The lowest BCUT2D eigenvalue weighted by atomic mass is 10.2. The second-order valence-corrected chi connectivity index (χ2v) is 6.62. The van der Waals surface area contributed by atoms with Crippen LogP contribution in [-0.4, -0.2) is 37.5 Å². The first-order valence-electron chi connectivity index (χ1n) is 8.53. The van der Waals surface area contributed by atoms with E-state index in [1.807, 2.05) is 41.3 Å². The first kappa shape index (κ1) is 15.6. The van der Waals surface area contributed by atoms with E-state index in [9.17, 15) is 9.90 Å². The highest BCUT2D eigenvalue weighted by Crippen LogP contribution is 2.30. The molecule has 1 aliphatic rings. The molecule has 3 aromatic rings. The van der Waals surface area contributed by atoms with Gasteiger partial charge < -0.3 is 10.0 Å². The third-order valence-electron chi connectivity index (χ3n) is 4.54. The molecule has 1 fully saturated rings. The molecular weight excluding hydrogens is 316 g/mol. The summed E-state index contributed by atoms with van der Waals surface area (Å²) in [6.45, 7) is 1.50. The molecule has 0 atom stereocenters. The third-order valence-corrected chi connectivity index (χ3v) is 4.54. The molecule has 25 heavy (non-hydrogen) atoms. The van der Waals surface area contributed by atoms with Crippen LogP contribution in [0.1, 0.15) is 18.4 Å². The fourth-order valence-electron chi connectivity index (χ4n) is 2.95. The zero-order chi connectivity index (χ0) is 17.2. The van der Waals surface area contributed by atoms with Crippen molar-refractivity contribution in [1.29, 1.82) is 0 Å². The van der Waals surface area contributed by atoms with E-state index in [4.69, 9.17) is 0 Å². The van der Waals surface area contributed by atoms with Gasteiger partial charge in [-0.1, -0.05) is 29.5 Å². The minimum atomic E-state index is 0.0376. The number of amides is 1. The first-order chi connectivity index (χ1) is 12.2. The molecule has 128 valence electrons. The number of fused-ring (bicyclic) bond motifs is 1. The van der Waals surface area contributed by atoms with Gasteiger partial charge in [0.2, 0.25) is 5.91 Å². The van der Waals surface area contributed by atoms with E-state index in [1.165, 1.54) is 12.8 Å². The Bertz CT molecular complexity index is 884. The van der Waals surface area contributed by atoms with Crippen LogP contribution >= 0.6 is 0 Å². The van der Waals surface area contributed by atoms with Crippen molar-refractivity contribution in [3.63, 3.8) is 0 Å². The predicted molar refractivity (Wildman–Crippen MR) is 93.8 cm³/mol. The summed E-state index contributed by atoms with van der Waals surface area (Å²) in [4.78, 5) is 14.8. The van der Waals surface area contributed by atoms with Gasteiger partial charge in [-0.05, 0) is 48.6 Å². The highest BCUT2D eigenvalue weighted by atomic mass is 16.3. The highest BCUT2D eigenvalue weighted by molar-refractivity contribution is 5.79. The molecule has 1 N–H and O–H groups in total. The Labute approximate surface area is 145 Å². The van der Waals surface area contributed by atoms with Gasteiger partial charge in [-0.15, -0.1) is 5.10 Å². The van der Waals surface area contributed by atoms with Crippen LogP contribution in [-0.2, 0) is 17.9 Å². The minimum absolute atomic E-state index is 0.0376. The highest BCUT2D eigenvalue weighted by Gasteiger charge is 2.27. The van der Waals surface area contributed by atoms with Crippen molar-refractivity contribution in [1.82, 2.24) is 19.9 Å². The zero-order valence-electron chi connectivity index (χ0n) is 13.9. The van der Waals surface area contributed by atoms with Crippen molar-refractivity contribution in [3.05, 3.63) is 54.1 Å². The molecule has 6 heteroatoms. The van der Waals surface area contributed by atoms with Crippen LogP contribution in [0.15, 0.2) is 48.5 Å². The topological polar surface area (TPSA) is 71.2 Å². The van der Waals surface area contributed by atoms with Crippen molar-refractivity contribution in [2.45, 2.75) is 25.9 Å². The van der Waals surface area contributed by atoms with Crippen LogP contribution in [0.2, 0.25) is 0 Å². The van der Waals surface area contributed by atoms with Crippen molar-refractivity contribution < 1.29 is 9.90 Å². The third kappa shape index (κ3) is 3.63. The maximum absolute atomic E-state index is 12.9. The number of carbonyl (C=O) groups excluding carboxylic acids is 1. The van der Waals surface area contributed by atoms with E-state index in [2.05, 4.69) is 10.3 Å². The molecule has 4 rings (SSSR count). The summed E-state index contributed by atoms with van der Waals surface area (Å²) in [5.74, 6) is 0.877. The maximum atomic E-state index is 12.9. The average Bonchev–Trinajstić information content (AvgIpc) is 3.36. The summed E-state index contributed by atoms with van der Waals surface area (Å²) in [6.07, 6.45) is 2.37. The van der Waals surface area contributed by atoms with Crippen LogP contribution in [0.5, 0.6) is 5.75 Å². The molecule has 0 spiro atoms. The number of hydrogen-bond acceptors (Lipinski definition) is 4. The Morgan fingerprint density at radius 2 is 1.92 bits per heavy atom. The maximum Gasteiger partial charge on any atom is 0.244 e. The minimum Gasteiger partial charge on any atom is -0.508 e. The Hall–Kier alpha value is -2.89. The van der Waals surface area contributed by atoms with E-state index >= 15 is 0 Å². The first-order valence-corrected chi connectivity index (χ1v) is 8.53. The van der Waals surface area contributed by atoms with Crippen LogP contribution in [0.4, 0.5) is 0 Å². The molecule has 0 radical (unpaired) electrons. The van der Waals surface area contributed by atoms with E-state index in [-0.39, 0.29) is 18.2 Å². The number of benzene rings is 2. The van der Waals surface area contributed by atoms with Gasteiger partial charge in [0.1, 0.15) is 17.8 Å². The summed E-state index contributed by atoms with van der Waals surface area (Å²) in [6, 6.07) is 14.7. The molecule has 2 aromatic carbocycles. The van der Waals surface area contributed by atoms with Crippen LogP contribution in [0.3, 0.4) is 0 Å². The SMILES string of the molecule is O=C(Cn1nnc2ccccc21)N(Cc1ccc(O)cc1)CC1CC1. The van der Waals surface area contributed by atoms with E-state index in [1.54, 1.807) is 16.8 Å². The number of rotatable bonds is 6. The van der Waals surface area contributed by atoms with Crippen LogP contribution in [0.25, 0.3) is 11.0 Å². The van der Waals surface area contributed by atoms with E-state index < -0.39 is 0 Å². The summed E-state index contributed by atoms with van der Waals surface area (Å²) < 4.78 is 1.66. The molecule has 1 heterocycles. The molecule has 0 unspecified atom stereocenters. The number of aromatic hydroxyl groups is 1. The second-order valence-electron chi connectivity index (χ2n) is 6.62. The molecule has 6 nitrogen and oxygen atoms in total. The fraction of sp³-hybridized carbons (Fsp3) is 0.316. The summed E-state index contributed by atoms with van der Waals surface area (Å²) >= 11 is 0. The van der Waals surface area contributed by atoms with Crippen LogP contribution < -0.4 is 0 Å². The number of aromatic nitrogens is 3. The molecule has 1 aliphatic carbocycles. The van der Waals surface area contributed by atoms with Gasteiger partial charge in [-0.2, -0.15) is 0 Å². The van der Waals surface area contributed by atoms with Crippen molar-refractivity contribution >= 4 is 16.9 Å². The molecule has 0 saturated heterocycles. The fourth-order valence-corrected chi connectivity index (χ4v) is 2.95. The molecule has 1 amide bonds. The quantitative estimate of drug-likeness (QED) is 0.751. The number of nitrogens with zero attached hydrogens (tertiary/aromatic N) is 4. The Morgan fingerprint density at radius 3 is 2.68 bits per heavy atom. The van der Waals surface area contributed by atoms with Gasteiger partial charge >= 0.3 is 0 Å². The van der Waals surface area contributed by atoms with Gasteiger partial charge in [0.25, 0.3) is 0 Å². The monoisotopic (exact) mass is 336 g/mol. The zero-order valence-corrected chi connectivity index (χ0v) is 13.9. The lowest BCUT2D eigenvalue weighted by Crippen LogP contribution is -2.35. The van der Waals surface area contributed by atoms with Crippen molar-refractivity contribution in [2.24, 2.45) is 5.92 Å². The standard InChI is InChI=1S/C19H20N4O2/c24-16-9-7-15(8-10-16)12-22(11-14-5-6-14)19(25)13-23-18-4-2-1-3-17(18)20-21-23/h1-4,7-10,14,24H,5-6,11-13H2.